The Bertz CT molecular complexity index is 1120. The lowest BCUT2D eigenvalue weighted by atomic mass is 9.76. The van der Waals surface area contributed by atoms with Crippen LogP contribution in [0.25, 0.3) is 0 Å². The second kappa shape index (κ2) is 7.25. The van der Waals surface area contributed by atoms with Crippen LogP contribution < -0.4 is 14.7 Å². The first kappa shape index (κ1) is 19.3. The number of nitrogens with zero attached hydrogens (tertiary/aromatic N) is 2. The number of hydroxylamine groups is 1. The van der Waals surface area contributed by atoms with E-state index in [0.29, 0.717) is 11.4 Å². The summed E-state index contributed by atoms with van der Waals surface area (Å²) in [5, 5.41) is 1.71. The van der Waals surface area contributed by atoms with Crippen LogP contribution in [0.5, 0.6) is 5.75 Å². The molecule has 0 bridgehead atoms. The molecule has 2 fully saturated rings. The SMILES string of the molecule is COc1ccc(N2C(=O)[C@@H]3ON(c4ccccc4)[C@H](c4ccccc4)[C@]3(C)C2=O)cc1. The topological polar surface area (TPSA) is 59.1 Å². The first-order valence-electron chi connectivity index (χ1n) is 10.1. The van der Waals surface area contributed by atoms with Gasteiger partial charge in [0.15, 0.2) is 6.10 Å². The summed E-state index contributed by atoms with van der Waals surface area (Å²) in [6.45, 7) is 1.82. The molecule has 2 aliphatic heterocycles. The zero-order chi connectivity index (χ0) is 21.6. The molecule has 31 heavy (non-hydrogen) atoms. The Morgan fingerprint density at radius 3 is 2.06 bits per heavy atom. The number of fused-ring (bicyclic) bond motifs is 1. The average molecular weight is 414 g/mol. The van der Waals surface area contributed by atoms with Crippen LogP contribution in [0.15, 0.2) is 84.9 Å². The van der Waals surface area contributed by atoms with Crippen molar-refractivity contribution in [2.24, 2.45) is 5.41 Å². The van der Waals surface area contributed by atoms with Gasteiger partial charge in [-0.2, -0.15) is 0 Å². The lowest BCUT2D eigenvalue weighted by Gasteiger charge is -2.32. The summed E-state index contributed by atoms with van der Waals surface area (Å²) in [5.74, 6) is 0.0138. The largest absolute Gasteiger partial charge is 0.497 e. The Morgan fingerprint density at radius 2 is 1.45 bits per heavy atom. The summed E-state index contributed by atoms with van der Waals surface area (Å²) in [6.07, 6.45) is -0.924. The monoisotopic (exact) mass is 414 g/mol. The van der Waals surface area contributed by atoms with E-state index < -0.39 is 17.6 Å². The highest BCUT2D eigenvalue weighted by Crippen LogP contribution is 2.55. The first-order chi connectivity index (χ1) is 15.1. The molecule has 0 N–H and O–H groups in total. The van der Waals surface area contributed by atoms with E-state index >= 15 is 0 Å². The molecule has 2 aliphatic rings. The Labute approximate surface area is 180 Å². The number of hydrogen-bond acceptors (Lipinski definition) is 5. The van der Waals surface area contributed by atoms with Gasteiger partial charge in [-0.3, -0.25) is 14.4 Å². The fraction of sp³-hybridized carbons (Fsp3) is 0.200. The van der Waals surface area contributed by atoms with Crippen LogP contribution in [0.4, 0.5) is 11.4 Å². The first-order valence-corrected chi connectivity index (χ1v) is 10.1. The molecule has 6 nitrogen and oxygen atoms in total. The molecular formula is C25H22N2O4. The minimum Gasteiger partial charge on any atom is -0.497 e. The molecule has 0 unspecified atom stereocenters. The summed E-state index contributed by atoms with van der Waals surface area (Å²) < 4.78 is 5.20. The molecule has 0 aromatic heterocycles. The van der Waals surface area contributed by atoms with Crippen molar-refractivity contribution in [1.82, 2.24) is 0 Å². The van der Waals surface area contributed by atoms with Crippen LogP contribution in [-0.4, -0.2) is 25.0 Å². The smallest absolute Gasteiger partial charge is 0.266 e. The van der Waals surface area contributed by atoms with Gasteiger partial charge in [0.1, 0.15) is 11.2 Å². The van der Waals surface area contributed by atoms with Crippen molar-refractivity contribution < 1.29 is 19.2 Å². The highest BCUT2D eigenvalue weighted by atomic mass is 16.7. The second-order valence-electron chi connectivity index (χ2n) is 7.92. The molecule has 6 heteroatoms. The third-order valence-electron chi connectivity index (χ3n) is 6.13. The summed E-state index contributed by atoms with van der Waals surface area (Å²) in [7, 11) is 1.57. The summed E-state index contributed by atoms with van der Waals surface area (Å²) in [4.78, 5) is 34.7. The number of para-hydroxylation sites is 1. The molecule has 3 aromatic rings. The summed E-state index contributed by atoms with van der Waals surface area (Å²) in [5.41, 5.74) is 1.12. The zero-order valence-electron chi connectivity index (χ0n) is 17.3. The lowest BCUT2D eigenvalue weighted by Crippen LogP contribution is -2.41. The van der Waals surface area contributed by atoms with E-state index in [1.807, 2.05) is 67.6 Å². The molecule has 2 amide bonds. The van der Waals surface area contributed by atoms with Crippen molar-refractivity contribution in [3.05, 3.63) is 90.5 Å². The molecule has 3 aromatic carbocycles. The fourth-order valence-electron chi connectivity index (χ4n) is 4.54. The quantitative estimate of drug-likeness (QED) is 0.601. The summed E-state index contributed by atoms with van der Waals surface area (Å²) >= 11 is 0. The number of benzene rings is 3. The van der Waals surface area contributed by atoms with E-state index in [-0.39, 0.29) is 11.8 Å². The molecule has 156 valence electrons. The minimum absolute atomic E-state index is 0.278. The Hall–Kier alpha value is -3.64. The van der Waals surface area contributed by atoms with E-state index in [9.17, 15) is 9.59 Å². The Kier molecular flexibility index (Phi) is 4.52. The number of imide groups is 1. The number of hydrogen-bond donors (Lipinski definition) is 0. The number of ether oxygens (including phenoxy) is 1. The molecule has 2 heterocycles. The van der Waals surface area contributed by atoms with Crippen LogP contribution in [0.1, 0.15) is 18.5 Å². The van der Waals surface area contributed by atoms with Crippen LogP contribution in [-0.2, 0) is 14.4 Å². The van der Waals surface area contributed by atoms with Crippen LogP contribution in [0.2, 0.25) is 0 Å². The van der Waals surface area contributed by atoms with E-state index in [4.69, 9.17) is 9.57 Å². The molecule has 0 saturated carbocycles. The maximum absolute atomic E-state index is 13.8. The fourth-order valence-corrected chi connectivity index (χ4v) is 4.54. The number of carbonyl (C=O) groups excluding carboxylic acids is 2. The van der Waals surface area contributed by atoms with Crippen molar-refractivity contribution in [3.8, 4) is 5.75 Å². The van der Waals surface area contributed by atoms with Crippen molar-refractivity contribution in [3.63, 3.8) is 0 Å². The number of carbonyl (C=O) groups is 2. The number of amides is 2. The van der Waals surface area contributed by atoms with Gasteiger partial charge in [-0.1, -0.05) is 48.5 Å². The van der Waals surface area contributed by atoms with Crippen LogP contribution >= 0.6 is 0 Å². The normalized spacial score (nSPS) is 25.1. The van der Waals surface area contributed by atoms with Gasteiger partial charge in [0.05, 0.1) is 24.5 Å². The average Bonchev–Trinajstić information content (AvgIpc) is 3.23. The number of anilines is 2. The Balaban J connectivity index is 1.61. The molecule has 5 rings (SSSR count). The van der Waals surface area contributed by atoms with E-state index in [1.165, 1.54) is 4.90 Å². The summed E-state index contributed by atoms with van der Waals surface area (Å²) in [6, 6.07) is 25.7. The zero-order valence-corrected chi connectivity index (χ0v) is 17.3. The van der Waals surface area contributed by atoms with Gasteiger partial charge >= 0.3 is 0 Å². The number of methoxy groups -OCH3 is 1. The van der Waals surface area contributed by atoms with Crippen molar-refractivity contribution in [2.75, 3.05) is 17.1 Å². The molecule has 0 radical (unpaired) electrons. The predicted molar refractivity (Wildman–Crippen MR) is 117 cm³/mol. The molecule has 3 atom stereocenters. The van der Waals surface area contributed by atoms with Crippen molar-refractivity contribution in [1.29, 1.82) is 0 Å². The predicted octanol–water partition coefficient (Wildman–Crippen LogP) is 4.14. The van der Waals surface area contributed by atoms with Gasteiger partial charge in [0.2, 0.25) is 5.91 Å². The van der Waals surface area contributed by atoms with Gasteiger partial charge in [0, 0.05) is 0 Å². The van der Waals surface area contributed by atoms with E-state index in [0.717, 1.165) is 11.3 Å². The van der Waals surface area contributed by atoms with Gasteiger partial charge in [-0.05, 0) is 48.9 Å². The molecular weight excluding hydrogens is 392 g/mol. The van der Waals surface area contributed by atoms with Gasteiger partial charge in [0.25, 0.3) is 5.91 Å². The second-order valence-corrected chi connectivity index (χ2v) is 7.92. The highest BCUT2D eigenvalue weighted by molar-refractivity contribution is 6.25. The van der Waals surface area contributed by atoms with E-state index in [2.05, 4.69) is 0 Å². The minimum atomic E-state index is -1.09. The standard InChI is InChI=1S/C25H22N2O4/c1-25-21(17-9-5-3-6-10-17)27(19-11-7-4-8-12-19)31-22(25)23(28)26(24(25)29)18-13-15-20(30-2)16-14-18/h3-16,21-22H,1-2H3/t21-,22+,25+/m1/s1. The van der Waals surface area contributed by atoms with Gasteiger partial charge in [-0.15, -0.1) is 0 Å². The lowest BCUT2D eigenvalue weighted by molar-refractivity contribution is -0.128. The Morgan fingerprint density at radius 1 is 0.839 bits per heavy atom. The molecule has 0 aliphatic carbocycles. The maximum Gasteiger partial charge on any atom is 0.266 e. The molecule has 0 spiro atoms. The van der Waals surface area contributed by atoms with Crippen molar-refractivity contribution in [2.45, 2.75) is 19.1 Å². The third-order valence-corrected chi connectivity index (χ3v) is 6.13. The highest BCUT2D eigenvalue weighted by Gasteiger charge is 2.68. The van der Waals surface area contributed by atoms with Gasteiger partial charge in [-0.25, -0.2) is 9.96 Å². The maximum atomic E-state index is 13.8. The molecule has 2 saturated heterocycles. The van der Waals surface area contributed by atoms with Crippen molar-refractivity contribution >= 4 is 23.2 Å². The third kappa shape index (κ3) is 2.83. The van der Waals surface area contributed by atoms with E-state index in [1.54, 1.807) is 36.4 Å². The van der Waals surface area contributed by atoms with Gasteiger partial charge < -0.3 is 4.74 Å². The van der Waals surface area contributed by atoms with Crippen LogP contribution in [0.3, 0.4) is 0 Å². The van der Waals surface area contributed by atoms with Crippen LogP contribution in [0, 0.1) is 5.41 Å². The number of rotatable bonds is 4.